The van der Waals surface area contributed by atoms with Gasteiger partial charge in [0, 0.05) is 31.3 Å². The summed E-state index contributed by atoms with van der Waals surface area (Å²) in [5.41, 5.74) is 2.09. The van der Waals surface area contributed by atoms with Crippen molar-refractivity contribution in [3.8, 4) is 5.69 Å². The van der Waals surface area contributed by atoms with Crippen molar-refractivity contribution in [1.29, 1.82) is 0 Å². The number of pyridine rings is 1. The predicted molar refractivity (Wildman–Crippen MR) is 124 cm³/mol. The van der Waals surface area contributed by atoms with Gasteiger partial charge in [-0.25, -0.2) is 4.98 Å². The Morgan fingerprint density at radius 2 is 1.94 bits per heavy atom. The first-order chi connectivity index (χ1) is 16.2. The SMILES string of the molecule is C=N/C=C(CNC(=O)c1ccc2c(n1)c1cn(C)nc1n2-c1ccc(C(F)(F)F)cc1)\N=C/C. The Bertz CT molecular complexity index is 1440. The first kappa shape index (κ1) is 22.9. The van der Waals surface area contributed by atoms with Crippen LogP contribution in [-0.2, 0) is 13.2 Å². The van der Waals surface area contributed by atoms with E-state index in [0.717, 1.165) is 12.1 Å². The summed E-state index contributed by atoms with van der Waals surface area (Å²) in [5.74, 6) is -0.414. The van der Waals surface area contributed by atoms with E-state index in [2.05, 4.69) is 32.1 Å². The summed E-state index contributed by atoms with van der Waals surface area (Å²) in [4.78, 5) is 25.0. The molecule has 0 saturated heterocycles. The molecule has 0 unspecified atom stereocenters. The number of aliphatic imine (C=N–C) groups is 2. The smallest absolute Gasteiger partial charge is 0.345 e. The fourth-order valence-corrected chi connectivity index (χ4v) is 3.60. The molecule has 1 aromatic carbocycles. The molecule has 0 atom stereocenters. The number of benzene rings is 1. The molecule has 0 saturated carbocycles. The van der Waals surface area contributed by atoms with Gasteiger partial charge < -0.3 is 5.32 Å². The molecular formula is C23H20F3N7O. The number of nitrogens with zero attached hydrogens (tertiary/aromatic N) is 6. The van der Waals surface area contributed by atoms with E-state index in [1.165, 1.54) is 18.3 Å². The van der Waals surface area contributed by atoms with Gasteiger partial charge in [0.15, 0.2) is 5.65 Å². The lowest BCUT2D eigenvalue weighted by Gasteiger charge is -2.10. The first-order valence-corrected chi connectivity index (χ1v) is 10.2. The fraction of sp³-hybridized carbons (Fsp3) is 0.174. The number of carbonyl (C=O) groups excluding carboxylic acids is 1. The normalized spacial score (nSPS) is 12.7. The molecule has 8 nitrogen and oxygen atoms in total. The number of amides is 1. The Morgan fingerprint density at radius 3 is 2.59 bits per heavy atom. The maximum atomic E-state index is 13.0. The molecule has 0 spiro atoms. The van der Waals surface area contributed by atoms with E-state index in [9.17, 15) is 18.0 Å². The summed E-state index contributed by atoms with van der Waals surface area (Å²) in [6.45, 7) is 5.27. The van der Waals surface area contributed by atoms with Crippen LogP contribution in [0.4, 0.5) is 13.2 Å². The van der Waals surface area contributed by atoms with E-state index in [0.29, 0.717) is 33.5 Å². The maximum Gasteiger partial charge on any atom is 0.416 e. The minimum Gasteiger partial charge on any atom is -0.345 e. The molecule has 0 bridgehead atoms. The van der Waals surface area contributed by atoms with Crippen LogP contribution in [0.2, 0.25) is 0 Å². The van der Waals surface area contributed by atoms with Gasteiger partial charge in [-0.2, -0.15) is 18.3 Å². The monoisotopic (exact) mass is 467 g/mol. The highest BCUT2D eigenvalue weighted by molar-refractivity contribution is 6.07. The third-order valence-electron chi connectivity index (χ3n) is 5.04. The molecule has 0 aliphatic carbocycles. The molecule has 0 aliphatic rings. The van der Waals surface area contributed by atoms with Crippen molar-refractivity contribution in [2.45, 2.75) is 13.1 Å². The minimum absolute atomic E-state index is 0.136. The van der Waals surface area contributed by atoms with Crippen molar-refractivity contribution in [2.24, 2.45) is 17.0 Å². The molecule has 1 amide bonds. The number of hydrogen-bond donors (Lipinski definition) is 1. The molecule has 1 N–H and O–H groups in total. The van der Waals surface area contributed by atoms with Crippen molar-refractivity contribution in [1.82, 2.24) is 24.6 Å². The minimum atomic E-state index is -4.43. The summed E-state index contributed by atoms with van der Waals surface area (Å²) >= 11 is 0. The Morgan fingerprint density at radius 1 is 1.21 bits per heavy atom. The lowest BCUT2D eigenvalue weighted by Crippen LogP contribution is -2.26. The summed E-state index contributed by atoms with van der Waals surface area (Å²) in [7, 11) is 1.73. The zero-order valence-electron chi connectivity index (χ0n) is 18.3. The van der Waals surface area contributed by atoms with Crippen LogP contribution in [0.25, 0.3) is 27.8 Å². The van der Waals surface area contributed by atoms with E-state index in [4.69, 9.17) is 0 Å². The molecule has 34 heavy (non-hydrogen) atoms. The highest BCUT2D eigenvalue weighted by atomic mass is 19.4. The largest absolute Gasteiger partial charge is 0.416 e. The standard InChI is InChI=1S/C23H20F3N7O/c1-4-28-15(11-27-2)12-29-22(34)18-9-10-19-20(30-18)17-13-32(3)31-21(17)33(19)16-7-5-14(6-8-16)23(24,25)26/h4-11,13H,2,12H2,1,3H3,(H,29,34)/b15-11-,28-4-. The summed E-state index contributed by atoms with van der Waals surface area (Å²) in [5, 5.41) is 7.86. The average Bonchev–Trinajstić information content (AvgIpc) is 3.31. The molecule has 174 valence electrons. The topological polar surface area (TPSA) is 89.5 Å². The number of aromatic nitrogens is 4. The van der Waals surface area contributed by atoms with Crippen molar-refractivity contribution in [3.05, 3.63) is 65.7 Å². The van der Waals surface area contributed by atoms with Crippen LogP contribution >= 0.6 is 0 Å². The molecule has 3 heterocycles. The molecular weight excluding hydrogens is 447 g/mol. The Balaban J connectivity index is 1.74. The molecule has 11 heteroatoms. The second-order valence-electron chi connectivity index (χ2n) is 7.36. The van der Waals surface area contributed by atoms with E-state index in [1.54, 1.807) is 47.8 Å². The number of nitrogens with one attached hydrogen (secondary N) is 1. The lowest BCUT2D eigenvalue weighted by molar-refractivity contribution is -0.137. The van der Waals surface area contributed by atoms with E-state index < -0.39 is 17.6 Å². The van der Waals surface area contributed by atoms with Gasteiger partial charge in [0.2, 0.25) is 0 Å². The van der Waals surface area contributed by atoms with Gasteiger partial charge in [-0.15, -0.1) is 0 Å². The predicted octanol–water partition coefficient (Wildman–Crippen LogP) is 4.29. The number of rotatable bonds is 6. The van der Waals surface area contributed by atoms with Gasteiger partial charge in [-0.1, -0.05) is 0 Å². The van der Waals surface area contributed by atoms with Crippen molar-refractivity contribution >= 4 is 40.9 Å². The van der Waals surface area contributed by atoms with E-state index in [-0.39, 0.29) is 12.2 Å². The van der Waals surface area contributed by atoms with Crippen molar-refractivity contribution < 1.29 is 18.0 Å². The van der Waals surface area contributed by atoms with Crippen LogP contribution in [0, 0.1) is 0 Å². The lowest BCUT2D eigenvalue weighted by atomic mass is 10.2. The van der Waals surface area contributed by atoms with Crippen LogP contribution in [0.1, 0.15) is 23.0 Å². The van der Waals surface area contributed by atoms with Gasteiger partial charge in [-0.3, -0.25) is 24.0 Å². The van der Waals surface area contributed by atoms with Crippen molar-refractivity contribution in [3.63, 3.8) is 0 Å². The Kier molecular flexibility index (Phi) is 6.01. The quantitative estimate of drug-likeness (QED) is 0.429. The zero-order valence-corrected chi connectivity index (χ0v) is 18.3. The van der Waals surface area contributed by atoms with E-state index >= 15 is 0 Å². The number of aryl methyl sites for hydroxylation is 1. The molecule has 3 aromatic heterocycles. The molecule has 4 rings (SSSR count). The highest BCUT2D eigenvalue weighted by Gasteiger charge is 2.30. The fourth-order valence-electron chi connectivity index (χ4n) is 3.60. The third-order valence-corrected chi connectivity index (χ3v) is 5.04. The number of carbonyl (C=O) groups is 1. The zero-order chi connectivity index (χ0) is 24.5. The molecule has 0 radical (unpaired) electrons. The van der Waals surface area contributed by atoms with Crippen LogP contribution in [-0.4, -0.2) is 44.7 Å². The number of hydrogen-bond acceptors (Lipinski definition) is 5. The highest BCUT2D eigenvalue weighted by Crippen LogP contribution is 2.33. The second-order valence-corrected chi connectivity index (χ2v) is 7.36. The molecule has 4 aromatic rings. The summed E-state index contributed by atoms with van der Waals surface area (Å²) in [6.07, 6.45) is 0.344. The van der Waals surface area contributed by atoms with Gasteiger partial charge in [0.25, 0.3) is 5.91 Å². The third kappa shape index (κ3) is 4.32. The van der Waals surface area contributed by atoms with Crippen LogP contribution in [0.15, 0.2) is 64.5 Å². The summed E-state index contributed by atoms with van der Waals surface area (Å²) in [6, 6.07) is 8.05. The average molecular weight is 467 g/mol. The number of alkyl halides is 3. The number of halogens is 3. The summed E-state index contributed by atoms with van der Waals surface area (Å²) < 4.78 is 42.3. The molecule has 0 aliphatic heterocycles. The second kappa shape index (κ2) is 8.93. The Hall–Kier alpha value is -4.28. The van der Waals surface area contributed by atoms with Crippen molar-refractivity contribution in [2.75, 3.05) is 6.54 Å². The van der Waals surface area contributed by atoms with Crippen LogP contribution in [0.5, 0.6) is 0 Å². The number of fused-ring (bicyclic) bond motifs is 3. The van der Waals surface area contributed by atoms with Gasteiger partial charge in [0.05, 0.1) is 28.7 Å². The maximum absolute atomic E-state index is 13.0. The van der Waals surface area contributed by atoms with Gasteiger partial charge in [0.1, 0.15) is 11.2 Å². The van der Waals surface area contributed by atoms with Crippen LogP contribution < -0.4 is 5.32 Å². The van der Waals surface area contributed by atoms with Gasteiger partial charge in [-0.05, 0) is 50.0 Å². The van der Waals surface area contributed by atoms with Gasteiger partial charge >= 0.3 is 6.18 Å². The molecule has 0 fully saturated rings. The van der Waals surface area contributed by atoms with E-state index in [1.807, 2.05) is 0 Å². The van der Waals surface area contributed by atoms with Crippen LogP contribution in [0.3, 0.4) is 0 Å². The Labute approximate surface area is 192 Å². The first-order valence-electron chi connectivity index (χ1n) is 10.2.